The van der Waals surface area contributed by atoms with E-state index in [0.717, 1.165) is 49.4 Å². The number of nitrogens with zero attached hydrogens (tertiary/aromatic N) is 1. The lowest BCUT2D eigenvalue weighted by molar-refractivity contribution is 0.122. The van der Waals surface area contributed by atoms with Gasteiger partial charge in [0.25, 0.3) is 0 Å². The Bertz CT molecular complexity index is 1040. The van der Waals surface area contributed by atoms with Crippen LogP contribution in [0.4, 0.5) is 5.69 Å². The van der Waals surface area contributed by atoms with E-state index in [2.05, 4.69) is 35.2 Å². The predicted molar refractivity (Wildman–Crippen MR) is 115 cm³/mol. The molecule has 4 nitrogen and oxygen atoms in total. The summed E-state index contributed by atoms with van der Waals surface area (Å²) in [5.41, 5.74) is 5.01. The van der Waals surface area contributed by atoms with Gasteiger partial charge >= 0.3 is 5.63 Å². The lowest BCUT2D eigenvalue weighted by atomic mass is 9.81. The summed E-state index contributed by atoms with van der Waals surface area (Å²) in [7, 11) is 0. The molecule has 1 fully saturated rings. The zero-order valence-corrected chi connectivity index (χ0v) is 16.5. The van der Waals surface area contributed by atoms with Gasteiger partial charge in [0.1, 0.15) is 5.76 Å². The van der Waals surface area contributed by atoms with E-state index in [1.807, 2.05) is 30.3 Å². The van der Waals surface area contributed by atoms with E-state index >= 15 is 0 Å². The second kappa shape index (κ2) is 7.88. The molecule has 5 rings (SSSR count). The number of benzene rings is 2. The predicted octanol–water partition coefficient (Wildman–Crippen LogP) is 4.42. The minimum absolute atomic E-state index is 0.227. The molecule has 0 amide bonds. The van der Waals surface area contributed by atoms with Crippen molar-refractivity contribution in [2.24, 2.45) is 0 Å². The molecule has 1 aromatic heterocycles. The van der Waals surface area contributed by atoms with Gasteiger partial charge in [-0.05, 0) is 29.9 Å². The van der Waals surface area contributed by atoms with Crippen LogP contribution in [0.3, 0.4) is 0 Å². The Balaban J connectivity index is 1.67. The highest BCUT2D eigenvalue weighted by molar-refractivity contribution is 5.80. The first-order valence-electron chi connectivity index (χ1n) is 10.4. The minimum Gasteiger partial charge on any atom is -0.427 e. The average molecular weight is 387 g/mol. The molecule has 1 atom stereocenters. The highest BCUT2D eigenvalue weighted by Crippen LogP contribution is 2.41. The molecule has 1 aliphatic heterocycles. The smallest absolute Gasteiger partial charge is 0.345 e. The van der Waals surface area contributed by atoms with Crippen LogP contribution in [0, 0.1) is 0 Å². The summed E-state index contributed by atoms with van der Waals surface area (Å²) in [4.78, 5) is 15.4. The standard InChI is InChI=1S/C25H25NO3/c27-25-23(19-9-5-2-6-10-19)24(26-13-15-28-16-14-26)21-17-20(11-12-22(21)29-25)18-7-3-1-4-8-18/h1-10,20H,11-17H2. The molecule has 0 spiro atoms. The maximum Gasteiger partial charge on any atom is 0.345 e. The van der Waals surface area contributed by atoms with Gasteiger partial charge in [0.05, 0.1) is 24.5 Å². The minimum atomic E-state index is -0.227. The number of morpholine rings is 1. The van der Waals surface area contributed by atoms with Crippen molar-refractivity contribution in [3.8, 4) is 11.1 Å². The molecule has 2 heterocycles. The molecule has 2 aromatic carbocycles. The summed E-state index contributed by atoms with van der Waals surface area (Å²) in [6, 6.07) is 20.6. The molecule has 1 aliphatic carbocycles. The van der Waals surface area contributed by atoms with Crippen molar-refractivity contribution in [2.75, 3.05) is 31.2 Å². The normalized spacial score (nSPS) is 19.0. The molecule has 2 aliphatic rings. The second-order valence-electron chi connectivity index (χ2n) is 7.83. The van der Waals surface area contributed by atoms with Crippen LogP contribution in [-0.4, -0.2) is 26.3 Å². The van der Waals surface area contributed by atoms with Gasteiger partial charge in [-0.1, -0.05) is 60.7 Å². The SMILES string of the molecule is O=c1oc2c(c(N3CCOCC3)c1-c1ccccc1)CC(c1ccccc1)CC2. The van der Waals surface area contributed by atoms with Gasteiger partial charge in [0, 0.05) is 25.1 Å². The van der Waals surface area contributed by atoms with E-state index in [1.165, 1.54) is 11.1 Å². The van der Waals surface area contributed by atoms with E-state index in [-0.39, 0.29) is 5.63 Å². The molecule has 1 unspecified atom stereocenters. The van der Waals surface area contributed by atoms with Crippen LogP contribution in [0.2, 0.25) is 0 Å². The molecule has 148 valence electrons. The number of hydrogen-bond acceptors (Lipinski definition) is 4. The number of hydrogen-bond donors (Lipinski definition) is 0. The average Bonchev–Trinajstić information content (AvgIpc) is 2.79. The molecule has 4 heteroatoms. The topological polar surface area (TPSA) is 42.7 Å². The van der Waals surface area contributed by atoms with Crippen molar-refractivity contribution in [1.29, 1.82) is 0 Å². The first-order valence-corrected chi connectivity index (χ1v) is 10.4. The van der Waals surface area contributed by atoms with E-state index < -0.39 is 0 Å². The Labute approximate surface area is 170 Å². The fraction of sp³-hybridized carbons (Fsp3) is 0.320. The number of aryl methyl sites for hydroxylation is 1. The van der Waals surface area contributed by atoms with Crippen molar-refractivity contribution in [2.45, 2.75) is 25.2 Å². The molecule has 0 radical (unpaired) electrons. The third kappa shape index (κ3) is 3.49. The maximum absolute atomic E-state index is 13.1. The van der Waals surface area contributed by atoms with Crippen molar-refractivity contribution < 1.29 is 9.15 Å². The zero-order valence-electron chi connectivity index (χ0n) is 16.5. The Morgan fingerprint density at radius 2 is 1.59 bits per heavy atom. The first-order chi connectivity index (χ1) is 14.3. The van der Waals surface area contributed by atoms with Crippen LogP contribution in [0.25, 0.3) is 11.1 Å². The van der Waals surface area contributed by atoms with Gasteiger partial charge < -0.3 is 14.1 Å². The highest BCUT2D eigenvalue weighted by atomic mass is 16.5. The van der Waals surface area contributed by atoms with E-state index in [4.69, 9.17) is 9.15 Å². The van der Waals surface area contributed by atoms with Crippen LogP contribution < -0.4 is 10.5 Å². The molecule has 29 heavy (non-hydrogen) atoms. The van der Waals surface area contributed by atoms with E-state index in [1.54, 1.807) is 0 Å². The van der Waals surface area contributed by atoms with Gasteiger partial charge in [-0.15, -0.1) is 0 Å². The van der Waals surface area contributed by atoms with E-state index in [9.17, 15) is 4.79 Å². The Hall–Kier alpha value is -2.85. The summed E-state index contributed by atoms with van der Waals surface area (Å²) in [6.07, 6.45) is 2.71. The van der Waals surface area contributed by atoms with Crippen molar-refractivity contribution >= 4 is 5.69 Å². The Morgan fingerprint density at radius 3 is 2.31 bits per heavy atom. The Kier molecular flexibility index (Phi) is 4.94. The summed E-state index contributed by atoms with van der Waals surface area (Å²) in [5, 5.41) is 0. The third-order valence-electron chi connectivity index (χ3n) is 6.11. The number of rotatable bonds is 3. The van der Waals surface area contributed by atoms with E-state index in [0.29, 0.717) is 24.7 Å². The lowest BCUT2D eigenvalue weighted by Gasteiger charge is -2.35. The van der Waals surface area contributed by atoms with Crippen molar-refractivity contribution in [1.82, 2.24) is 0 Å². The molecular formula is C25H25NO3. The highest BCUT2D eigenvalue weighted by Gasteiger charge is 2.31. The maximum atomic E-state index is 13.1. The molecule has 3 aromatic rings. The van der Waals surface area contributed by atoms with Crippen LogP contribution in [0.1, 0.15) is 29.2 Å². The van der Waals surface area contributed by atoms with Gasteiger partial charge in [0.2, 0.25) is 0 Å². The van der Waals surface area contributed by atoms with Gasteiger partial charge in [-0.3, -0.25) is 0 Å². The molecule has 0 N–H and O–H groups in total. The molecule has 1 saturated heterocycles. The summed E-state index contributed by atoms with van der Waals surface area (Å²) in [5.74, 6) is 1.31. The second-order valence-corrected chi connectivity index (χ2v) is 7.83. The quantitative estimate of drug-likeness (QED) is 0.667. The largest absolute Gasteiger partial charge is 0.427 e. The summed E-state index contributed by atoms with van der Waals surface area (Å²) in [6.45, 7) is 2.97. The molecular weight excluding hydrogens is 362 g/mol. The fourth-order valence-electron chi connectivity index (χ4n) is 4.68. The van der Waals surface area contributed by atoms with Gasteiger partial charge in [0.15, 0.2) is 0 Å². The monoisotopic (exact) mass is 387 g/mol. The van der Waals surface area contributed by atoms with Gasteiger partial charge in [-0.25, -0.2) is 4.79 Å². The van der Waals surface area contributed by atoms with Crippen LogP contribution >= 0.6 is 0 Å². The summed E-state index contributed by atoms with van der Waals surface area (Å²) < 4.78 is 11.5. The summed E-state index contributed by atoms with van der Waals surface area (Å²) >= 11 is 0. The van der Waals surface area contributed by atoms with Crippen molar-refractivity contribution in [3.63, 3.8) is 0 Å². The van der Waals surface area contributed by atoms with Crippen LogP contribution in [-0.2, 0) is 17.6 Å². The molecule has 0 bridgehead atoms. The third-order valence-corrected chi connectivity index (χ3v) is 6.11. The van der Waals surface area contributed by atoms with Crippen LogP contribution in [0.5, 0.6) is 0 Å². The van der Waals surface area contributed by atoms with Gasteiger partial charge in [-0.2, -0.15) is 0 Å². The number of fused-ring (bicyclic) bond motifs is 1. The number of ether oxygens (including phenoxy) is 1. The lowest BCUT2D eigenvalue weighted by Crippen LogP contribution is -2.38. The van der Waals surface area contributed by atoms with Crippen molar-refractivity contribution in [3.05, 3.63) is 88.0 Å². The first kappa shape index (κ1) is 18.2. The Morgan fingerprint density at radius 1 is 0.897 bits per heavy atom. The fourth-order valence-corrected chi connectivity index (χ4v) is 4.68. The molecule has 0 saturated carbocycles. The van der Waals surface area contributed by atoms with Crippen LogP contribution in [0.15, 0.2) is 69.9 Å². The number of anilines is 1. The zero-order chi connectivity index (χ0) is 19.6.